The molecule has 0 bridgehead atoms. The first kappa shape index (κ1) is 12.2. The summed E-state index contributed by atoms with van der Waals surface area (Å²) >= 11 is 0. The molecule has 1 heterocycles. The first-order valence-corrected chi connectivity index (χ1v) is 5.70. The maximum absolute atomic E-state index is 4.25. The van der Waals surface area contributed by atoms with E-state index >= 15 is 0 Å². The molecule has 1 rings (SSSR count). The van der Waals surface area contributed by atoms with Crippen LogP contribution in [0.4, 0.5) is 0 Å². The van der Waals surface area contributed by atoms with Gasteiger partial charge in [0.25, 0.3) is 0 Å². The fraction of sp³-hybridized carbons (Fsp3) is 0.818. The van der Waals surface area contributed by atoms with Gasteiger partial charge < -0.3 is 5.32 Å². The molecule has 0 aromatic carbocycles. The summed E-state index contributed by atoms with van der Waals surface area (Å²) in [6, 6.07) is 0.431. The van der Waals surface area contributed by atoms with E-state index in [1.165, 1.54) is 5.69 Å². The predicted molar refractivity (Wildman–Crippen MR) is 61.9 cm³/mol. The van der Waals surface area contributed by atoms with Crippen LogP contribution in [0.3, 0.4) is 0 Å². The molecule has 4 heteroatoms. The Bertz CT molecular complexity index is 304. The minimum absolute atomic E-state index is 0.431. The minimum Gasteiger partial charge on any atom is -0.314 e. The van der Waals surface area contributed by atoms with Crippen molar-refractivity contribution in [3.8, 4) is 0 Å². The van der Waals surface area contributed by atoms with Crippen LogP contribution in [0.15, 0.2) is 0 Å². The summed E-state index contributed by atoms with van der Waals surface area (Å²) in [5, 5.41) is 11.6. The van der Waals surface area contributed by atoms with E-state index < -0.39 is 0 Å². The van der Waals surface area contributed by atoms with E-state index in [1.54, 1.807) is 0 Å². The van der Waals surface area contributed by atoms with Crippen molar-refractivity contribution in [3.05, 3.63) is 11.4 Å². The molecular formula is C11H22N4. The zero-order valence-electron chi connectivity index (χ0n) is 10.4. The summed E-state index contributed by atoms with van der Waals surface area (Å²) in [5.74, 6) is 0.470. The summed E-state index contributed by atoms with van der Waals surface area (Å²) in [7, 11) is 1.94. The lowest BCUT2D eigenvalue weighted by Gasteiger charge is -2.15. The summed E-state index contributed by atoms with van der Waals surface area (Å²) in [4.78, 5) is 0. The highest BCUT2D eigenvalue weighted by molar-refractivity contribution is 5.14. The zero-order valence-corrected chi connectivity index (χ0v) is 10.4. The molecule has 0 aliphatic carbocycles. The van der Waals surface area contributed by atoms with Crippen LogP contribution in [0.2, 0.25) is 0 Å². The van der Waals surface area contributed by atoms with E-state index in [0.717, 1.165) is 18.7 Å². The molecular weight excluding hydrogens is 188 g/mol. The van der Waals surface area contributed by atoms with E-state index in [2.05, 4.69) is 48.0 Å². The van der Waals surface area contributed by atoms with Crippen LogP contribution in [-0.4, -0.2) is 22.0 Å². The van der Waals surface area contributed by atoms with Crippen LogP contribution in [0.25, 0.3) is 0 Å². The molecule has 1 unspecified atom stereocenters. The molecule has 15 heavy (non-hydrogen) atoms. The third kappa shape index (κ3) is 2.56. The molecule has 0 fully saturated rings. The van der Waals surface area contributed by atoms with Crippen molar-refractivity contribution in [1.82, 2.24) is 20.3 Å². The minimum atomic E-state index is 0.431. The summed E-state index contributed by atoms with van der Waals surface area (Å²) in [6.45, 7) is 9.54. The largest absolute Gasteiger partial charge is 0.314 e. The number of rotatable bonds is 5. The van der Waals surface area contributed by atoms with Crippen molar-refractivity contribution in [2.24, 2.45) is 0 Å². The predicted octanol–water partition coefficient (Wildman–Crippen LogP) is 2.09. The summed E-state index contributed by atoms with van der Waals surface area (Å²) in [5.41, 5.74) is 2.34. The van der Waals surface area contributed by atoms with Crippen molar-refractivity contribution in [2.45, 2.75) is 52.6 Å². The summed E-state index contributed by atoms with van der Waals surface area (Å²) in [6.07, 6.45) is 1.09. The zero-order chi connectivity index (χ0) is 11.4. The lowest BCUT2D eigenvalue weighted by molar-refractivity contribution is 0.441. The topological polar surface area (TPSA) is 42.7 Å². The third-order valence-corrected chi connectivity index (χ3v) is 2.70. The molecule has 0 saturated heterocycles. The van der Waals surface area contributed by atoms with Gasteiger partial charge >= 0.3 is 0 Å². The normalized spacial score (nSPS) is 13.5. The van der Waals surface area contributed by atoms with Crippen LogP contribution in [-0.2, 0) is 6.54 Å². The second-order valence-electron chi connectivity index (χ2n) is 4.31. The number of hydrogen-bond donors (Lipinski definition) is 1. The molecule has 1 N–H and O–H groups in total. The van der Waals surface area contributed by atoms with E-state index in [9.17, 15) is 0 Å². The molecule has 0 saturated carbocycles. The van der Waals surface area contributed by atoms with Crippen LogP contribution in [0.5, 0.6) is 0 Å². The standard InChI is InChI=1S/C11H22N4/c1-6-9(4)15-11(8(2)3)10(7-12-5)13-14-15/h8-9,12H,6-7H2,1-5H3. The average Bonchev–Trinajstić information content (AvgIpc) is 2.61. The number of nitrogens with one attached hydrogen (secondary N) is 1. The van der Waals surface area contributed by atoms with Crippen LogP contribution in [0.1, 0.15) is 57.5 Å². The second-order valence-corrected chi connectivity index (χ2v) is 4.31. The van der Waals surface area contributed by atoms with Gasteiger partial charge in [-0.2, -0.15) is 0 Å². The molecule has 0 aliphatic rings. The molecule has 0 amide bonds. The highest BCUT2D eigenvalue weighted by Gasteiger charge is 2.18. The molecule has 1 aromatic heterocycles. The fourth-order valence-electron chi connectivity index (χ4n) is 1.72. The van der Waals surface area contributed by atoms with E-state index in [-0.39, 0.29) is 0 Å². The van der Waals surface area contributed by atoms with Gasteiger partial charge in [-0.05, 0) is 26.3 Å². The lowest BCUT2D eigenvalue weighted by atomic mass is 10.1. The van der Waals surface area contributed by atoms with Gasteiger partial charge in [0.1, 0.15) is 0 Å². The number of nitrogens with zero attached hydrogens (tertiary/aromatic N) is 3. The van der Waals surface area contributed by atoms with Crippen molar-refractivity contribution < 1.29 is 0 Å². The quantitative estimate of drug-likeness (QED) is 0.809. The second kappa shape index (κ2) is 5.26. The van der Waals surface area contributed by atoms with Gasteiger partial charge in [0.15, 0.2) is 0 Å². The molecule has 1 atom stereocenters. The van der Waals surface area contributed by atoms with Gasteiger partial charge in [-0.3, -0.25) is 0 Å². The van der Waals surface area contributed by atoms with Gasteiger partial charge in [0.05, 0.1) is 17.4 Å². The third-order valence-electron chi connectivity index (χ3n) is 2.70. The van der Waals surface area contributed by atoms with E-state index in [0.29, 0.717) is 12.0 Å². The monoisotopic (exact) mass is 210 g/mol. The Balaban J connectivity index is 3.06. The average molecular weight is 210 g/mol. The fourth-order valence-corrected chi connectivity index (χ4v) is 1.72. The highest BCUT2D eigenvalue weighted by atomic mass is 15.4. The Kier molecular flexibility index (Phi) is 4.27. The van der Waals surface area contributed by atoms with Gasteiger partial charge in [-0.25, -0.2) is 4.68 Å². The Morgan fingerprint density at radius 3 is 2.47 bits per heavy atom. The van der Waals surface area contributed by atoms with Gasteiger partial charge in [0, 0.05) is 6.54 Å². The van der Waals surface area contributed by atoms with E-state index in [1.807, 2.05) is 7.05 Å². The smallest absolute Gasteiger partial charge is 0.0999 e. The first-order valence-electron chi connectivity index (χ1n) is 5.70. The molecule has 4 nitrogen and oxygen atoms in total. The van der Waals surface area contributed by atoms with Gasteiger partial charge in [0.2, 0.25) is 0 Å². The van der Waals surface area contributed by atoms with Crippen LogP contribution >= 0.6 is 0 Å². The Morgan fingerprint density at radius 1 is 1.33 bits per heavy atom. The van der Waals surface area contributed by atoms with Crippen molar-refractivity contribution in [3.63, 3.8) is 0 Å². The van der Waals surface area contributed by atoms with Crippen molar-refractivity contribution in [2.75, 3.05) is 7.05 Å². The summed E-state index contributed by atoms with van der Waals surface area (Å²) < 4.78 is 2.07. The maximum atomic E-state index is 4.25. The SMILES string of the molecule is CCC(C)n1nnc(CNC)c1C(C)C. The molecule has 0 aliphatic heterocycles. The van der Waals surface area contributed by atoms with Crippen molar-refractivity contribution in [1.29, 1.82) is 0 Å². The molecule has 86 valence electrons. The van der Waals surface area contributed by atoms with Gasteiger partial charge in [-0.15, -0.1) is 5.10 Å². The molecule has 0 radical (unpaired) electrons. The highest BCUT2D eigenvalue weighted by Crippen LogP contribution is 2.22. The lowest BCUT2D eigenvalue weighted by Crippen LogP contribution is -2.14. The number of hydrogen-bond acceptors (Lipinski definition) is 3. The molecule has 0 spiro atoms. The number of aromatic nitrogens is 3. The van der Waals surface area contributed by atoms with E-state index in [4.69, 9.17) is 0 Å². The Labute approximate surface area is 92.1 Å². The Hall–Kier alpha value is -0.900. The van der Waals surface area contributed by atoms with Gasteiger partial charge in [-0.1, -0.05) is 26.0 Å². The maximum Gasteiger partial charge on any atom is 0.0999 e. The van der Waals surface area contributed by atoms with Crippen molar-refractivity contribution >= 4 is 0 Å². The van der Waals surface area contributed by atoms with Crippen LogP contribution in [0, 0.1) is 0 Å². The molecule has 1 aromatic rings. The Morgan fingerprint density at radius 2 is 2.00 bits per heavy atom. The van der Waals surface area contributed by atoms with Crippen LogP contribution < -0.4 is 5.32 Å². The first-order chi connectivity index (χ1) is 7.11.